The van der Waals surface area contributed by atoms with Gasteiger partial charge in [-0.1, -0.05) is 45.7 Å². The Kier molecular flexibility index (Phi) is 8.31. The maximum Gasteiger partial charge on any atom is 0.119 e. The molecule has 1 aromatic rings. The van der Waals surface area contributed by atoms with Crippen molar-refractivity contribution in [3.63, 3.8) is 0 Å². The molecule has 0 bridgehead atoms. The van der Waals surface area contributed by atoms with Crippen molar-refractivity contribution in [2.45, 2.75) is 39.5 Å². The molecular formula is C17H28O3. The second-order valence-corrected chi connectivity index (χ2v) is 5.12. The molecule has 1 N–H and O–H groups in total. The van der Waals surface area contributed by atoms with E-state index < -0.39 is 0 Å². The van der Waals surface area contributed by atoms with Crippen LogP contribution in [-0.2, 0) is 4.74 Å². The van der Waals surface area contributed by atoms with Crippen molar-refractivity contribution in [3.8, 4) is 5.75 Å². The summed E-state index contributed by atoms with van der Waals surface area (Å²) in [4.78, 5) is 0. The molecule has 0 heterocycles. The Balaban J connectivity index is 2.43. The standard InChI is InChI=1S/C17H28O3/c1-4-15(5-2)14(3)16-6-8-17(9-7-16)20-13-12-19-11-10-18/h6-9,14-15,18H,4-5,10-13H2,1-3H3. The Hall–Kier alpha value is -1.06. The normalized spacial score (nSPS) is 12.7. The number of aliphatic hydroxyl groups is 1. The van der Waals surface area contributed by atoms with Gasteiger partial charge in [-0.2, -0.15) is 0 Å². The van der Waals surface area contributed by atoms with E-state index in [1.807, 2.05) is 12.1 Å². The monoisotopic (exact) mass is 280 g/mol. The van der Waals surface area contributed by atoms with Gasteiger partial charge in [0.25, 0.3) is 0 Å². The van der Waals surface area contributed by atoms with Crippen LogP contribution in [0.2, 0.25) is 0 Å². The van der Waals surface area contributed by atoms with E-state index in [9.17, 15) is 0 Å². The highest BCUT2D eigenvalue weighted by Crippen LogP contribution is 2.30. The summed E-state index contributed by atoms with van der Waals surface area (Å²) in [6, 6.07) is 8.38. The first kappa shape index (κ1) is 17.0. The minimum absolute atomic E-state index is 0.0581. The summed E-state index contributed by atoms with van der Waals surface area (Å²) in [5.74, 6) is 2.21. The molecule has 0 fully saturated rings. The van der Waals surface area contributed by atoms with Gasteiger partial charge in [-0.05, 0) is 29.5 Å². The molecule has 0 aliphatic rings. The molecule has 3 heteroatoms. The SMILES string of the molecule is CCC(CC)C(C)c1ccc(OCCOCCO)cc1. The minimum Gasteiger partial charge on any atom is -0.491 e. The number of hydrogen-bond donors (Lipinski definition) is 1. The highest BCUT2D eigenvalue weighted by molar-refractivity contribution is 5.29. The maximum absolute atomic E-state index is 8.58. The molecule has 20 heavy (non-hydrogen) atoms. The van der Waals surface area contributed by atoms with Crippen LogP contribution in [0.5, 0.6) is 5.75 Å². The molecule has 1 unspecified atom stereocenters. The van der Waals surface area contributed by atoms with Gasteiger partial charge < -0.3 is 14.6 Å². The quantitative estimate of drug-likeness (QED) is 0.665. The average molecular weight is 280 g/mol. The fourth-order valence-electron chi connectivity index (χ4n) is 2.52. The molecule has 0 saturated heterocycles. The predicted molar refractivity (Wildman–Crippen MR) is 82.3 cm³/mol. The van der Waals surface area contributed by atoms with Crippen LogP contribution >= 0.6 is 0 Å². The molecule has 0 spiro atoms. The zero-order valence-electron chi connectivity index (χ0n) is 13.0. The first-order chi connectivity index (χ1) is 9.72. The summed E-state index contributed by atoms with van der Waals surface area (Å²) in [6.07, 6.45) is 2.44. The Labute approximate surface area is 122 Å². The van der Waals surface area contributed by atoms with Crippen molar-refractivity contribution in [1.82, 2.24) is 0 Å². The fourth-order valence-corrected chi connectivity index (χ4v) is 2.52. The molecule has 0 aliphatic carbocycles. The van der Waals surface area contributed by atoms with E-state index in [0.29, 0.717) is 25.7 Å². The second kappa shape index (κ2) is 9.78. The summed E-state index contributed by atoms with van der Waals surface area (Å²) in [5, 5.41) is 8.58. The lowest BCUT2D eigenvalue weighted by Gasteiger charge is -2.21. The van der Waals surface area contributed by atoms with Crippen LogP contribution in [0, 0.1) is 5.92 Å². The smallest absolute Gasteiger partial charge is 0.119 e. The van der Waals surface area contributed by atoms with Crippen molar-refractivity contribution in [3.05, 3.63) is 29.8 Å². The number of aliphatic hydroxyl groups excluding tert-OH is 1. The summed E-state index contributed by atoms with van der Waals surface area (Å²) in [5.41, 5.74) is 1.38. The van der Waals surface area contributed by atoms with E-state index in [1.54, 1.807) is 0 Å². The Morgan fingerprint density at radius 3 is 2.20 bits per heavy atom. The summed E-state index contributed by atoms with van der Waals surface area (Å²) >= 11 is 0. The summed E-state index contributed by atoms with van der Waals surface area (Å²) in [6.45, 7) is 8.27. The zero-order chi connectivity index (χ0) is 14.8. The van der Waals surface area contributed by atoms with E-state index in [-0.39, 0.29) is 6.61 Å². The van der Waals surface area contributed by atoms with E-state index in [2.05, 4.69) is 32.9 Å². The van der Waals surface area contributed by atoms with E-state index in [0.717, 1.165) is 11.7 Å². The molecule has 0 radical (unpaired) electrons. The Bertz CT molecular complexity index is 344. The van der Waals surface area contributed by atoms with Crippen LogP contribution in [0.4, 0.5) is 0 Å². The van der Waals surface area contributed by atoms with Crippen molar-refractivity contribution in [2.24, 2.45) is 5.92 Å². The van der Waals surface area contributed by atoms with E-state index in [1.165, 1.54) is 18.4 Å². The summed E-state index contributed by atoms with van der Waals surface area (Å²) < 4.78 is 10.7. The van der Waals surface area contributed by atoms with Gasteiger partial charge in [-0.15, -0.1) is 0 Å². The lowest BCUT2D eigenvalue weighted by atomic mass is 9.84. The first-order valence-electron chi connectivity index (χ1n) is 7.64. The van der Waals surface area contributed by atoms with Crippen LogP contribution < -0.4 is 4.74 Å². The molecule has 0 aliphatic heterocycles. The molecule has 114 valence electrons. The molecule has 0 amide bonds. The topological polar surface area (TPSA) is 38.7 Å². The van der Waals surface area contributed by atoms with Crippen molar-refractivity contribution < 1.29 is 14.6 Å². The number of benzene rings is 1. The van der Waals surface area contributed by atoms with Crippen LogP contribution in [0.3, 0.4) is 0 Å². The predicted octanol–water partition coefficient (Wildman–Crippen LogP) is 3.61. The highest BCUT2D eigenvalue weighted by atomic mass is 16.5. The molecule has 1 aromatic carbocycles. The van der Waals surface area contributed by atoms with Crippen LogP contribution in [0.25, 0.3) is 0 Å². The van der Waals surface area contributed by atoms with E-state index in [4.69, 9.17) is 14.6 Å². The van der Waals surface area contributed by atoms with E-state index >= 15 is 0 Å². The Morgan fingerprint density at radius 1 is 1.00 bits per heavy atom. The molecule has 0 aromatic heterocycles. The number of rotatable bonds is 10. The van der Waals surface area contributed by atoms with Crippen LogP contribution in [0.15, 0.2) is 24.3 Å². The number of hydrogen-bond acceptors (Lipinski definition) is 3. The lowest BCUT2D eigenvalue weighted by molar-refractivity contribution is 0.0705. The van der Waals surface area contributed by atoms with Gasteiger partial charge in [0.15, 0.2) is 0 Å². The fraction of sp³-hybridized carbons (Fsp3) is 0.647. The maximum atomic E-state index is 8.58. The van der Waals surface area contributed by atoms with Crippen molar-refractivity contribution in [2.75, 3.05) is 26.4 Å². The van der Waals surface area contributed by atoms with Crippen LogP contribution in [-0.4, -0.2) is 31.5 Å². The first-order valence-corrected chi connectivity index (χ1v) is 7.64. The van der Waals surface area contributed by atoms with Gasteiger partial charge >= 0.3 is 0 Å². The highest BCUT2D eigenvalue weighted by Gasteiger charge is 2.15. The third kappa shape index (κ3) is 5.51. The van der Waals surface area contributed by atoms with Gasteiger partial charge in [-0.3, -0.25) is 0 Å². The van der Waals surface area contributed by atoms with Crippen molar-refractivity contribution >= 4 is 0 Å². The van der Waals surface area contributed by atoms with Gasteiger partial charge in [0.2, 0.25) is 0 Å². The van der Waals surface area contributed by atoms with Crippen molar-refractivity contribution in [1.29, 1.82) is 0 Å². The van der Waals surface area contributed by atoms with Gasteiger partial charge in [-0.25, -0.2) is 0 Å². The number of ether oxygens (including phenoxy) is 2. The van der Waals surface area contributed by atoms with Gasteiger partial charge in [0.1, 0.15) is 12.4 Å². The van der Waals surface area contributed by atoms with Gasteiger partial charge in [0.05, 0.1) is 19.8 Å². The molecule has 3 nitrogen and oxygen atoms in total. The molecular weight excluding hydrogens is 252 g/mol. The van der Waals surface area contributed by atoms with Gasteiger partial charge in [0, 0.05) is 0 Å². The molecule has 1 atom stereocenters. The minimum atomic E-state index is 0.0581. The Morgan fingerprint density at radius 2 is 1.65 bits per heavy atom. The largest absolute Gasteiger partial charge is 0.491 e. The summed E-state index contributed by atoms with van der Waals surface area (Å²) in [7, 11) is 0. The zero-order valence-corrected chi connectivity index (χ0v) is 13.0. The third-order valence-corrected chi connectivity index (χ3v) is 3.89. The molecule has 0 saturated carbocycles. The average Bonchev–Trinajstić information content (AvgIpc) is 2.49. The second-order valence-electron chi connectivity index (χ2n) is 5.12. The lowest BCUT2D eigenvalue weighted by Crippen LogP contribution is -2.10. The molecule has 1 rings (SSSR count). The third-order valence-electron chi connectivity index (χ3n) is 3.89. The van der Waals surface area contributed by atoms with Crippen LogP contribution in [0.1, 0.15) is 45.1 Å².